The average molecular weight is 223 g/mol. The van der Waals surface area contributed by atoms with E-state index in [4.69, 9.17) is 14.9 Å². The van der Waals surface area contributed by atoms with Crippen LogP contribution in [0, 0.1) is 0 Å². The van der Waals surface area contributed by atoms with Gasteiger partial charge in [0.25, 0.3) is 0 Å². The first-order valence-electron chi connectivity index (χ1n) is 4.11. The molecule has 1 amide bonds. The number of carboxylic acid groups (broad SMARTS) is 2. The van der Waals surface area contributed by atoms with Crippen LogP contribution >= 0.6 is 0 Å². The van der Waals surface area contributed by atoms with Crippen molar-refractivity contribution in [1.82, 2.24) is 5.48 Å². The van der Waals surface area contributed by atoms with Gasteiger partial charge in [-0.15, -0.1) is 0 Å². The maximum atomic E-state index is 9.99. The highest BCUT2D eigenvalue weighted by molar-refractivity contribution is 5.67. The van der Waals surface area contributed by atoms with Crippen molar-refractivity contribution in [2.45, 2.75) is 0 Å². The number of rotatable bonds is 9. The number of hydroxylamine groups is 1. The van der Waals surface area contributed by atoms with Gasteiger partial charge >= 0.3 is 12.1 Å². The Kier molecular flexibility index (Phi) is 8.34. The van der Waals surface area contributed by atoms with Crippen LogP contribution in [0.25, 0.3) is 0 Å². The quantitative estimate of drug-likeness (QED) is 0.350. The van der Waals surface area contributed by atoms with Crippen LogP contribution in [0.3, 0.4) is 0 Å². The summed E-state index contributed by atoms with van der Waals surface area (Å²) in [5.41, 5.74) is 1.69. The zero-order chi connectivity index (χ0) is 11.5. The predicted octanol–water partition coefficient (Wildman–Crippen LogP) is -0.697. The molecule has 88 valence electrons. The number of hydrogen-bond acceptors (Lipinski definition) is 5. The Morgan fingerprint density at radius 1 is 1.00 bits per heavy atom. The molecule has 8 heteroatoms. The first kappa shape index (κ1) is 13.6. The van der Waals surface area contributed by atoms with Gasteiger partial charge in [0.2, 0.25) is 0 Å². The van der Waals surface area contributed by atoms with E-state index in [0.717, 1.165) is 0 Å². The molecular formula is C7H13NO7. The molecule has 0 rings (SSSR count). The largest absolute Gasteiger partial charge is 0.480 e. The molecular weight excluding hydrogens is 210 g/mol. The Morgan fingerprint density at radius 3 is 2.20 bits per heavy atom. The second-order valence-electron chi connectivity index (χ2n) is 2.31. The van der Waals surface area contributed by atoms with Crippen LogP contribution in [0.4, 0.5) is 4.79 Å². The Hall–Kier alpha value is -1.38. The fraction of sp³-hybridized carbons (Fsp3) is 0.714. The van der Waals surface area contributed by atoms with Crippen LogP contribution in [0.1, 0.15) is 0 Å². The van der Waals surface area contributed by atoms with Crippen molar-refractivity contribution in [2.75, 3.05) is 33.0 Å². The van der Waals surface area contributed by atoms with Gasteiger partial charge in [0.15, 0.2) is 0 Å². The minimum atomic E-state index is -1.28. The molecule has 0 bridgehead atoms. The summed E-state index contributed by atoms with van der Waals surface area (Å²) in [6, 6.07) is 0. The first-order chi connectivity index (χ1) is 7.13. The molecule has 0 atom stereocenters. The monoisotopic (exact) mass is 223 g/mol. The van der Waals surface area contributed by atoms with E-state index in [1.807, 2.05) is 0 Å². The van der Waals surface area contributed by atoms with Crippen LogP contribution < -0.4 is 5.48 Å². The van der Waals surface area contributed by atoms with Gasteiger partial charge in [-0.25, -0.2) is 9.59 Å². The molecule has 0 aliphatic rings. The van der Waals surface area contributed by atoms with Crippen LogP contribution in [0.5, 0.6) is 0 Å². The Balaban J connectivity index is 2.99. The summed E-state index contributed by atoms with van der Waals surface area (Å²) in [5.74, 6) is -1.04. The summed E-state index contributed by atoms with van der Waals surface area (Å²) in [4.78, 5) is 24.3. The van der Waals surface area contributed by atoms with Gasteiger partial charge in [-0.05, 0) is 0 Å². The van der Waals surface area contributed by atoms with Gasteiger partial charge < -0.3 is 19.7 Å². The van der Waals surface area contributed by atoms with E-state index in [1.54, 1.807) is 5.48 Å². The highest BCUT2D eigenvalue weighted by Crippen LogP contribution is 1.79. The Labute approximate surface area is 85.7 Å². The molecule has 0 spiro atoms. The number of amides is 1. The van der Waals surface area contributed by atoms with Crippen LogP contribution in [-0.4, -0.2) is 55.3 Å². The second kappa shape index (κ2) is 9.19. The van der Waals surface area contributed by atoms with Crippen LogP contribution in [0.15, 0.2) is 0 Å². The van der Waals surface area contributed by atoms with Gasteiger partial charge in [-0.1, -0.05) is 0 Å². The third kappa shape index (κ3) is 12.6. The molecule has 0 aromatic rings. The minimum Gasteiger partial charge on any atom is -0.480 e. The molecule has 15 heavy (non-hydrogen) atoms. The van der Waals surface area contributed by atoms with E-state index < -0.39 is 12.1 Å². The first-order valence-corrected chi connectivity index (χ1v) is 4.11. The smallest absolute Gasteiger partial charge is 0.428 e. The van der Waals surface area contributed by atoms with E-state index in [1.165, 1.54) is 0 Å². The van der Waals surface area contributed by atoms with E-state index in [-0.39, 0.29) is 33.0 Å². The summed E-state index contributed by atoms with van der Waals surface area (Å²) in [7, 11) is 0. The average Bonchev–Trinajstić information content (AvgIpc) is 2.14. The van der Waals surface area contributed by atoms with E-state index in [9.17, 15) is 9.59 Å². The highest BCUT2D eigenvalue weighted by atomic mass is 16.7. The van der Waals surface area contributed by atoms with E-state index >= 15 is 0 Å². The van der Waals surface area contributed by atoms with Crippen LogP contribution in [0.2, 0.25) is 0 Å². The summed E-state index contributed by atoms with van der Waals surface area (Å²) in [6.07, 6.45) is -1.28. The fourth-order valence-corrected chi connectivity index (χ4v) is 0.593. The zero-order valence-electron chi connectivity index (χ0n) is 7.97. The number of ether oxygens (including phenoxy) is 2. The standard InChI is InChI=1S/C7H13NO7/c9-6(10)5-14-2-1-13-3-4-15-8-7(11)12/h8H,1-5H2,(H,9,10)(H,11,12). The molecule has 8 nitrogen and oxygen atoms in total. The molecule has 0 aliphatic heterocycles. The minimum absolute atomic E-state index is 0.0746. The van der Waals surface area contributed by atoms with Crippen molar-refractivity contribution in [3.05, 3.63) is 0 Å². The van der Waals surface area contributed by atoms with Crippen molar-refractivity contribution in [3.63, 3.8) is 0 Å². The number of carboxylic acids is 1. The van der Waals surface area contributed by atoms with Crippen molar-refractivity contribution in [2.24, 2.45) is 0 Å². The maximum absolute atomic E-state index is 9.99. The van der Waals surface area contributed by atoms with Crippen LogP contribution in [-0.2, 0) is 19.1 Å². The Morgan fingerprint density at radius 2 is 1.60 bits per heavy atom. The molecule has 3 N–H and O–H groups in total. The van der Waals surface area contributed by atoms with Crippen molar-refractivity contribution in [3.8, 4) is 0 Å². The normalized spacial score (nSPS) is 9.87. The summed E-state index contributed by atoms with van der Waals surface area (Å²) in [6.45, 7) is 0.296. The van der Waals surface area contributed by atoms with E-state index in [2.05, 4.69) is 9.57 Å². The molecule has 0 radical (unpaired) electrons. The number of hydrogen-bond donors (Lipinski definition) is 3. The fourth-order valence-electron chi connectivity index (χ4n) is 0.593. The molecule has 0 fully saturated rings. The maximum Gasteiger partial charge on any atom is 0.428 e. The molecule has 0 aromatic carbocycles. The van der Waals surface area contributed by atoms with Gasteiger partial charge in [-0.3, -0.25) is 4.84 Å². The number of aliphatic carboxylic acids is 1. The van der Waals surface area contributed by atoms with Gasteiger partial charge in [-0.2, -0.15) is 5.48 Å². The lowest BCUT2D eigenvalue weighted by Gasteiger charge is -2.04. The lowest BCUT2D eigenvalue weighted by molar-refractivity contribution is -0.142. The summed E-state index contributed by atoms with van der Waals surface area (Å²) in [5, 5.41) is 16.3. The molecule has 0 aliphatic carbocycles. The van der Waals surface area contributed by atoms with Crippen molar-refractivity contribution >= 4 is 12.1 Å². The molecule has 0 unspecified atom stereocenters. The SMILES string of the molecule is O=C(O)COCCOCCONC(=O)O. The lowest BCUT2D eigenvalue weighted by Crippen LogP contribution is -2.23. The zero-order valence-corrected chi connectivity index (χ0v) is 7.97. The number of carbonyl (C=O) groups is 2. The van der Waals surface area contributed by atoms with E-state index in [0.29, 0.717) is 0 Å². The Bertz CT molecular complexity index is 176. The van der Waals surface area contributed by atoms with Crippen molar-refractivity contribution < 1.29 is 34.1 Å². The lowest BCUT2D eigenvalue weighted by atomic mass is 10.7. The molecule has 0 saturated heterocycles. The third-order valence-electron chi connectivity index (χ3n) is 1.09. The molecule has 0 aromatic heterocycles. The molecule has 0 saturated carbocycles. The highest BCUT2D eigenvalue weighted by Gasteiger charge is 1.96. The second-order valence-corrected chi connectivity index (χ2v) is 2.31. The predicted molar refractivity (Wildman–Crippen MR) is 46.4 cm³/mol. The molecule has 0 heterocycles. The van der Waals surface area contributed by atoms with Crippen molar-refractivity contribution in [1.29, 1.82) is 0 Å². The topological polar surface area (TPSA) is 114 Å². The van der Waals surface area contributed by atoms with Gasteiger partial charge in [0.05, 0.1) is 26.4 Å². The summed E-state index contributed by atoms with van der Waals surface area (Å²) >= 11 is 0. The number of nitrogens with one attached hydrogen (secondary N) is 1. The third-order valence-corrected chi connectivity index (χ3v) is 1.09. The summed E-state index contributed by atoms with van der Waals surface area (Å²) < 4.78 is 9.59. The van der Waals surface area contributed by atoms with Gasteiger partial charge in [0, 0.05) is 0 Å². The van der Waals surface area contributed by atoms with Gasteiger partial charge in [0.1, 0.15) is 6.61 Å².